The molecule has 0 amide bonds. The topological polar surface area (TPSA) is 65.7 Å². The van der Waals surface area contributed by atoms with Gasteiger partial charge < -0.3 is 13.9 Å². The second-order valence-electron chi connectivity index (χ2n) is 3.64. The van der Waals surface area contributed by atoms with Crippen LogP contribution in [0.15, 0.2) is 4.42 Å². The van der Waals surface area contributed by atoms with Gasteiger partial charge in [0.25, 0.3) is 0 Å². The van der Waals surface area contributed by atoms with Crippen LogP contribution in [-0.2, 0) is 4.79 Å². The molecular weight excluding hydrogens is 212 g/mol. The molecule has 82 valence electrons. The van der Waals surface area contributed by atoms with Gasteiger partial charge in [0, 0.05) is 12.0 Å². The number of fused-ring (bicyclic) bond motifs is 1. The maximum Gasteiger partial charge on any atom is 0.348 e. The Morgan fingerprint density at radius 3 is 2.81 bits per heavy atom. The average Bonchev–Trinajstić information content (AvgIpc) is 2.82. The summed E-state index contributed by atoms with van der Waals surface area (Å²) in [7, 11) is 0. The standard InChI is InChI=1S/C11H8O5/c1-3-5(12)14-9-7-4(2)6-8(15-7)10(9)16-11(6)13/h3H2,1-2H3. The Kier molecular flexibility index (Phi) is 1.58. The van der Waals surface area contributed by atoms with Crippen LogP contribution in [0.4, 0.5) is 0 Å². The molecule has 2 aromatic rings. The van der Waals surface area contributed by atoms with E-state index >= 15 is 0 Å². The predicted octanol–water partition coefficient (Wildman–Crippen LogP) is 2.03. The van der Waals surface area contributed by atoms with Crippen LogP contribution in [0.5, 0.6) is 11.5 Å². The Labute approximate surface area is 90.3 Å². The number of carbonyl (C=O) groups is 2. The summed E-state index contributed by atoms with van der Waals surface area (Å²) in [5, 5.41) is 0. The van der Waals surface area contributed by atoms with Crippen molar-refractivity contribution in [3.05, 3.63) is 11.1 Å². The van der Waals surface area contributed by atoms with Gasteiger partial charge in [-0.2, -0.15) is 0 Å². The van der Waals surface area contributed by atoms with Gasteiger partial charge in [-0.15, -0.1) is 0 Å². The van der Waals surface area contributed by atoms with Gasteiger partial charge in [0.05, 0.1) is 0 Å². The summed E-state index contributed by atoms with van der Waals surface area (Å²) in [5.74, 6) is -0.361. The van der Waals surface area contributed by atoms with Gasteiger partial charge in [0.15, 0.2) is 11.2 Å². The molecule has 0 aliphatic carbocycles. The van der Waals surface area contributed by atoms with E-state index in [0.717, 1.165) is 0 Å². The quantitative estimate of drug-likeness (QED) is 0.572. The second-order valence-corrected chi connectivity index (χ2v) is 3.64. The first-order valence-electron chi connectivity index (χ1n) is 4.94. The van der Waals surface area contributed by atoms with Crippen LogP contribution >= 0.6 is 0 Å². The van der Waals surface area contributed by atoms with Crippen molar-refractivity contribution in [2.24, 2.45) is 0 Å². The van der Waals surface area contributed by atoms with E-state index in [2.05, 4.69) is 0 Å². The van der Waals surface area contributed by atoms with Crippen molar-refractivity contribution in [2.45, 2.75) is 20.3 Å². The number of rotatable bonds is 2. The molecule has 0 saturated heterocycles. The zero-order valence-corrected chi connectivity index (χ0v) is 8.75. The second kappa shape index (κ2) is 2.75. The summed E-state index contributed by atoms with van der Waals surface area (Å²) >= 11 is 0. The third-order valence-corrected chi connectivity index (χ3v) is 2.67. The highest BCUT2D eigenvalue weighted by atomic mass is 16.6. The van der Waals surface area contributed by atoms with Crippen molar-refractivity contribution in [2.75, 3.05) is 0 Å². The van der Waals surface area contributed by atoms with E-state index in [9.17, 15) is 9.59 Å². The molecule has 0 radical (unpaired) electrons. The van der Waals surface area contributed by atoms with Crippen molar-refractivity contribution in [3.8, 4) is 11.5 Å². The minimum atomic E-state index is -0.444. The van der Waals surface area contributed by atoms with Crippen molar-refractivity contribution >= 4 is 23.1 Å². The molecule has 1 aliphatic rings. The van der Waals surface area contributed by atoms with Crippen LogP contribution in [0.3, 0.4) is 0 Å². The molecule has 0 fully saturated rings. The average molecular weight is 220 g/mol. The normalized spacial score (nSPS) is 13.5. The number of furan rings is 2. The predicted molar refractivity (Wildman–Crippen MR) is 53.0 cm³/mol. The Hall–Kier alpha value is -2.04. The van der Waals surface area contributed by atoms with Gasteiger partial charge >= 0.3 is 11.9 Å². The molecule has 0 unspecified atom stereocenters. The van der Waals surface area contributed by atoms with Crippen LogP contribution in [-0.4, -0.2) is 11.9 Å². The minimum absolute atomic E-state index is 0.231. The molecule has 0 spiro atoms. The summed E-state index contributed by atoms with van der Waals surface area (Å²) in [4.78, 5) is 22.7. The van der Waals surface area contributed by atoms with Gasteiger partial charge in [-0.05, 0) is 6.92 Å². The molecule has 16 heavy (non-hydrogen) atoms. The third kappa shape index (κ3) is 0.900. The summed E-state index contributed by atoms with van der Waals surface area (Å²) in [6.07, 6.45) is 0.253. The van der Waals surface area contributed by atoms with E-state index in [1.165, 1.54) is 0 Å². The molecule has 3 rings (SSSR count). The molecule has 0 atom stereocenters. The first-order valence-corrected chi connectivity index (χ1v) is 4.94. The van der Waals surface area contributed by atoms with E-state index in [1.54, 1.807) is 13.8 Å². The van der Waals surface area contributed by atoms with E-state index in [0.29, 0.717) is 22.3 Å². The van der Waals surface area contributed by atoms with Crippen molar-refractivity contribution in [3.63, 3.8) is 0 Å². The Balaban J connectivity index is 2.16. The van der Waals surface area contributed by atoms with Crippen molar-refractivity contribution < 1.29 is 23.5 Å². The van der Waals surface area contributed by atoms with Gasteiger partial charge in [-0.1, -0.05) is 6.92 Å². The molecule has 5 heteroatoms. The Morgan fingerprint density at radius 2 is 2.12 bits per heavy atom. The van der Waals surface area contributed by atoms with E-state index in [-0.39, 0.29) is 23.9 Å². The van der Waals surface area contributed by atoms with Crippen LogP contribution in [0.2, 0.25) is 0 Å². The molecule has 0 aromatic carbocycles. The lowest BCUT2D eigenvalue weighted by Gasteiger charge is -2.01. The number of ether oxygens (including phenoxy) is 2. The van der Waals surface area contributed by atoms with Crippen LogP contribution in [0, 0.1) is 6.92 Å². The molecule has 3 heterocycles. The van der Waals surface area contributed by atoms with E-state index in [1.807, 2.05) is 0 Å². The van der Waals surface area contributed by atoms with E-state index in [4.69, 9.17) is 13.9 Å². The van der Waals surface area contributed by atoms with Crippen LogP contribution in [0.1, 0.15) is 29.3 Å². The first kappa shape index (κ1) is 9.21. The molecular formula is C11H8O5. The number of esters is 2. The molecule has 5 nitrogen and oxygen atoms in total. The maximum absolute atomic E-state index is 11.4. The number of benzene rings is 1. The lowest BCUT2D eigenvalue weighted by atomic mass is 10.1. The van der Waals surface area contributed by atoms with Crippen molar-refractivity contribution in [1.29, 1.82) is 0 Å². The SMILES string of the molecule is CCC(=O)Oc1c2c3oc1c(C)c3C(=O)O2. The van der Waals surface area contributed by atoms with E-state index < -0.39 is 5.97 Å². The van der Waals surface area contributed by atoms with Gasteiger partial charge in [0.1, 0.15) is 5.56 Å². The lowest BCUT2D eigenvalue weighted by Crippen LogP contribution is -2.06. The number of aryl methyl sites for hydroxylation is 1. The smallest absolute Gasteiger partial charge is 0.348 e. The van der Waals surface area contributed by atoms with Gasteiger partial charge in [-0.25, -0.2) is 4.79 Å². The summed E-state index contributed by atoms with van der Waals surface area (Å²) in [5.41, 5.74) is 1.92. The van der Waals surface area contributed by atoms with Gasteiger partial charge in [0.2, 0.25) is 11.5 Å². The van der Waals surface area contributed by atoms with Gasteiger partial charge in [-0.3, -0.25) is 4.79 Å². The molecule has 2 aromatic heterocycles. The highest BCUT2D eigenvalue weighted by Crippen LogP contribution is 2.51. The van der Waals surface area contributed by atoms with Crippen LogP contribution in [0.25, 0.3) is 11.2 Å². The zero-order valence-electron chi connectivity index (χ0n) is 8.75. The zero-order chi connectivity index (χ0) is 11.4. The third-order valence-electron chi connectivity index (χ3n) is 2.67. The first-order chi connectivity index (χ1) is 7.63. The molecule has 0 N–H and O–H groups in total. The fraction of sp³-hybridized carbons (Fsp3) is 0.273. The number of carbonyl (C=O) groups excluding carboxylic acids is 2. The Bertz CT molecular complexity index is 607. The molecule has 0 saturated carbocycles. The highest BCUT2D eigenvalue weighted by molar-refractivity contribution is 6.12. The molecule has 1 aliphatic heterocycles. The molecule has 2 bridgehead atoms. The lowest BCUT2D eigenvalue weighted by molar-refractivity contribution is -0.134. The summed E-state index contributed by atoms with van der Waals surface area (Å²) in [6, 6.07) is 0. The minimum Gasteiger partial charge on any atom is -0.448 e. The number of hydrogen-bond acceptors (Lipinski definition) is 5. The Morgan fingerprint density at radius 1 is 1.38 bits per heavy atom. The fourth-order valence-electron chi connectivity index (χ4n) is 1.86. The largest absolute Gasteiger partial charge is 0.448 e. The monoisotopic (exact) mass is 220 g/mol. The summed E-state index contributed by atoms with van der Waals surface area (Å²) in [6.45, 7) is 3.43. The maximum atomic E-state index is 11.4. The fourth-order valence-corrected chi connectivity index (χ4v) is 1.86. The van der Waals surface area contributed by atoms with Crippen LogP contribution < -0.4 is 9.47 Å². The summed E-state index contributed by atoms with van der Waals surface area (Å²) < 4.78 is 15.4. The van der Waals surface area contributed by atoms with Crippen molar-refractivity contribution in [1.82, 2.24) is 0 Å². The highest BCUT2D eigenvalue weighted by Gasteiger charge is 2.39. The number of hydrogen-bond donors (Lipinski definition) is 0.